The van der Waals surface area contributed by atoms with Crippen molar-refractivity contribution in [1.82, 2.24) is 10.6 Å². The van der Waals surface area contributed by atoms with E-state index in [-0.39, 0.29) is 12.6 Å². The number of hydrogen-bond acceptors (Lipinski definition) is 3. The van der Waals surface area contributed by atoms with E-state index in [1.807, 2.05) is 0 Å². The molecule has 5 heteroatoms. The van der Waals surface area contributed by atoms with E-state index >= 15 is 0 Å². The second-order valence-corrected chi connectivity index (χ2v) is 3.69. The molecule has 1 aliphatic heterocycles. The van der Waals surface area contributed by atoms with Gasteiger partial charge in [-0.05, 0) is 0 Å². The van der Waals surface area contributed by atoms with E-state index < -0.39 is 5.60 Å². The van der Waals surface area contributed by atoms with Gasteiger partial charge in [-0.3, -0.25) is 0 Å². The molecule has 0 saturated carbocycles. The Balaban J connectivity index is 2.22. The minimum Gasteiger partial charge on any atom is -0.388 e. The van der Waals surface area contributed by atoms with Crippen LogP contribution in [0.3, 0.4) is 0 Å². The predicted molar refractivity (Wildman–Crippen MR) is 56.6 cm³/mol. The smallest absolute Gasteiger partial charge is 0.315 e. The van der Waals surface area contributed by atoms with E-state index in [9.17, 15) is 9.90 Å². The SMILES string of the molecule is C=CCNC(=O)NCC1(O)CCOCC1. The van der Waals surface area contributed by atoms with Gasteiger partial charge in [-0.1, -0.05) is 6.08 Å². The Morgan fingerprint density at radius 3 is 2.73 bits per heavy atom. The van der Waals surface area contributed by atoms with Crippen LogP contribution < -0.4 is 10.6 Å². The maximum Gasteiger partial charge on any atom is 0.315 e. The molecule has 86 valence electrons. The van der Waals surface area contributed by atoms with Gasteiger partial charge in [0.05, 0.1) is 5.60 Å². The monoisotopic (exact) mass is 214 g/mol. The van der Waals surface area contributed by atoms with Crippen LogP contribution in [0.5, 0.6) is 0 Å². The van der Waals surface area contributed by atoms with Crippen molar-refractivity contribution >= 4 is 6.03 Å². The molecule has 1 fully saturated rings. The molecular formula is C10H18N2O3. The minimum atomic E-state index is -0.816. The molecule has 0 unspecified atom stereocenters. The first-order chi connectivity index (χ1) is 7.16. The standard InChI is InChI=1S/C10H18N2O3/c1-2-5-11-9(13)12-8-10(14)3-6-15-7-4-10/h2,14H,1,3-8H2,(H2,11,12,13). The van der Waals surface area contributed by atoms with Crippen LogP contribution in [0.25, 0.3) is 0 Å². The topological polar surface area (TPSA) is 70.6 Å². The summed E-state index contributed by atoms with van der Waals surface area (Å²) in [4.78, 5) is 11.2. The molecule has 1 rings (SSSR count). The quantitative estimate of drug-likeness (QED) is 0.577. The highest BCUT2D eigenvalue weighted by atomic mass is 16.5. The lowest BCUT2D eigenvalue weighted by Crippen LogP contribution is -2.49. The highest BCUT2D eigenvalue weighted by Gasteiger charge is 2.29. The van der Waals surface area contributed by atoms with Crippen LogP contribution in [-0.4, -0.2) is 43.0 Å². The summed E-state index contributed by atoms with van der Waals surface area (Å²) in [6, 6.07) is -0.283. The van der Waals surface area contributed by atoms with Crippen molar-refractivity contribution in [1.29, 1.82) is 0 Å². The Hall–Kier alpha value is -1.07. The van der Waals surface area contributed by atoms with Crippen LogP contribution in [0.15, 0.2) is 12.7 Å². The summed E-state index contributed by atoms with van der Waals surface area (Å²) in [6.45, 7) is 5.27. The fourth-order valence-corrected chi connectivity index (χ4v) is 1.40. The molecule has 0 aromatic heterocycles. The molecule has 0 bridgehead atoms. The summed E-state index contributed by atoms with van der Waals surface area (Å²) >= 11 is 0. The van der Waals surface area contributed by atoms with Crippen LogP contribution in [0.2, 0.25) is 0 Å². The fraction of sp³-hybridized carbons (Fsp3) is 0.700. The molecule has 15 heavy (non-hydrogen) atoms. The van der Waals surface area contributed by atoms with Crippen molar-refractivity contribution in [2.45, 2.75) is 18.4 Å². The zero-order chi connectivity index (χ0) is 11.1. The average molecular weight is 214 g/mol. The third kappa shape index (κ3) is 4.31. The first-order valence-electron chi connectivity index (χ1n) is 5.09. The van der Waals surface area contributed by atoms with Gasteiger partial charge in [0.15, 0.2) is 0 Å². The molecule has 1 aliphatic rings. The van der Waals surface area contributed by atoms with E-state index in [2.05, 4.69) is 17.2 Å². The number of aliphatic hydroxyl groups is 1. The van der Waals surface area contributed by atoms with Crippen molar-refractivity contribution in [3.8, 4) is 0 Å². The van der Waals surface area contributed by atoms with Gasteiger partial charge in [0.25, 0.3) is 0 Å². The number of hydrogen-bond donors (Lipinski definition) is 3. The van der Waals surface area contributed by atoms with E-state index in [1.165, 1.54) is 0 Å². The van der Waals surface area contributed by atoms with E-state index in [0.29, 0.717) is 32.6 Å². The summed E-state index contributed by atoms with van der Waals surface area (Å²) in [6.07, 6.45) is 2.73. The lowest BCUT2D eigenvalue weighted by molar-refractivity contribution is -0.0600. The predicted octanol–water partition coefficient (Wildman–Crippen LogP) is 0.0131. The maximum absolute atomic E-state index is 11.2. The summed E-state index contributed by atoms with van der Waals surface area (Å²) in [5.41, 5.74) is -0.816. The molecule has 0 aromatic rings. The Labute approximate surface area is 89.5 Å². The highest BCUT2D eigenvalue weighted by molar-refractivity contribution is 5.74. The summed E-state index contributed by atoms with van der Waals surface area (Å²) in [5, 5.41) is 15.2. The largest absolute Gasteiger partial charge is 0.388 e. The van der Waals surface area contributed by atoms with Crippen LogP contribution >= 0.6 is 0 Å². The average Bonchev–Trinajstić information content (AvgIpc) is 2.25. The van der Waals surface area contributed by atoms with E-state index in [0.717, 1.165) is 0 Å². The van der Waals surface area contributed by atoms with Gasteiger partial charge in [0.1, 0.15) is 0 Å². The van der Waals surface area contributed by atoms with E-state index in [1.54, 1.807) is 6.08 Å². The molecule has 2 amide bonds. The van der Waals surface area contributed by atoms with Crippen LogP contribution in [0, 0.1) is 0 Å². The van der Waals surface area contributed by atoms with Gasteiger partial charge in [0.2, 0.25) is 0 Å². The number of ether oxygens (including phenoxy) is 1. The van der Waals surface area contributed by atoms with Crippen molar-refractivity contribution in [3.63, 3.8) is 0 Å². The van der Waals surface area contributed by atoms with E-state index in [4.69, 9.17) is 4.74 Å². The third-order valence-electron chi connectivity index (χ3n) is 2.41. The van der Waals surface area contributed by atoms with Gasteiger partial charge < -0.3 is 20.5 Å². The first-order valence-corrected chi connectivity index (χ1v) is 5.09. The van der Waals surface area contributed by atoms with Gasteiger partial charge in [-0.2, -0.15) is 0 Å². The number of nitrogens with one attached hydrogen (secondary N) is 2. The van der Waals surface area contributed by atoms with Crippen molar-refractivity contribution < 1.29 is 14.6 Å². The minimum absolute atomic E-state index is 0.263. The Morgan fingerprint density at radius 1 is 1.47 bits per heavy atom. The molecule has 0 atom stereocenters. The molecule has 1 saturated heterocycles. The zero-order valence-corrected chi connectivity index (χ0v) is 8.79. The van der Waals surface area contributed by atoms with Crippen molar-refractivity contribution in [2.75, 3.05) is 26.3 Å². The fourth-order valence-electron chi connectivity index (χ4n) is 1.40. The number of urea groups is 1. The van der Waals surface area contributed by atoms with Crippen molar-refractivity contribution in [2.24, 2.45) is 0 Å². The summed E-state index contributed by atoms with van der Waals surface area (Å²) in [5.74, 6) is 0. The maximum atomic E-state index is 11.2. The number of rotatable bonds is 4. The molecule has 5 nitrogen and oxygen atoms in total. The molecule has 0 aromatic carbocycles. The number of carbonyl (C=O) groups excluding carboxylic acids is 1. The summed E-state index contributed by atoms with van der Waals surface area (Å²) in [7, 11) is 0. The van der Waals surface area contributed by atoms with Crippen molar-refractivity contribution in [3.05, 3.63) is 12.7 Å². The molecular weight excluding hydrogens is 196 g/mol. The Morgan fingerprint density at radius 2 is 2.13 bits per heavy atom. The van der Waals surface area contributed by atoms with Gasteiger partial charge in [-0.15, -0.1) is 6.58 Å². The van der Waals surface area contributed by atoms with Crippen LogP contribution in [0.1, 0.15) is 12.8 Å². The van der Waals surface area contributed by atoms with Gasteiger partial charge >= 0.3 is 6.03 Å². The summed E-state index contributed by atoms with van der Waals surface area (Å²) < 4.78 is 5.14. The van der Waals surface area contributed by atoms with Gasteiger partial charge in [0, 0.05) is 39.1 Å². The molecule has 0 spiro atoms. The number of carbonyl (C=O) groups is 1. The van der Waals surface area contributed by atoms with Gasteiger partial charge in [-0.25, -0.2) is 4.79 Å². The lowest BCUT2D eigenvalue weighted by atomic mass is 9.94. The highest BCUT2D eigenvalue weighted by Crippen LogP contribution is 2.18. The Bertz CT molecular complexity index is 225. The normalized spacial score (nSPS) is 19.3. The zero-order valence-electron chi connectivity index (χ0n) is 8.79. The molecule has 1 heterocycles. The molecule has 3 N–H and O–H groups in total. The number of amides is 2. The van der Waals surface area contributed by atoms with Crippen LogP contribution in [0.4, 0.5) is 4.79 Å². The first kappa shape index (κ1) is 12.0. The Kier molecular flexibility index (Phi) is 4.58. The lowest BCUT2D eigenvalue weighted by Gasteiger charge is -2.31. The molecule has 0 aliphatic carbocycles. The third-order valence-corrected chi connectivity index (χ3v) is 2.41. The second kappa shape index (κ2) is 5.72. The molecule has 0 radical (unpaired) electrons. The second-order valence-electron chi connectivity index (χ2n) is 3.69. The van der Waals surface area contributed by atoms with Crippen LogP contribution in [-0.2, 0) is 4.74 Å².